The van der Waals surface area contributed by atoms with E-state index in [1.807, 2.05) is 33.8 Å². The van der Waals surface area contributed by atoms with Crippen LogP contribution < -0.4 is 11.1 Å². The van der Waals surface area contributed by atoms with Crippen LogP contribution in [0.25, 0.3) is 0 Å². The molecule has 0 spiro atoms. The minimum atomic E-state index is -0.471. The summed E-state index contributed by atoms with van der Waals surface area (Å²) < 4.78 is 5.27. The molecule has 0 heterocycles. The third-order valence-electron chi connectivity index (χ3n) is 3.40. The summed E-state index contributed by atoms with van der Waals surface area (Å²) in [6.45, 7) is 11.7. The van der Waals surface area contributed by atoms with Gasteiger partial charge in [-0.3, -0.25) is 0 Å². The zero-order valence-corrected chi connectivity index (χ0v) is 14.6. The van der Waals surface area contributed by atoms with Crippen molar-refractivity contribution in [3.63, 3.8) is 0 Å². The first kappa shape index (κ1) is 18.3. The summed E-state index contributed by atoms with van der Waals surface area (Å²) in [6, 6.07) is 0.700. The van der Waals surface area contributed by atoms with E-state index in [0.717, 1.165) is 12.8 Å². The number of amides is 1. The van der Waals surface area contributed by atoms with Crippen molar-refractivity contribution in [3.05, 3.63) is 12.3 Å². The maximum atomic E-state index is 11.7. The van der Waals surface area contributed by atoms with Crippen LogP contribution in [-0.2, 0) is 4.74 Å². The van der Waals surface area contributed by atoms with Crippen LogP contribution in [0.1, 0.15) is 54.4 Å². The van der Waals surface area contributed by atoms with Gasteiger partial charge in [-0.2, -0.15) is 0 Å². The number of carbonyl (C=O) groups is 1. The third-order valence-corrected chi connectivity index (χ3v) is 3.40. The molecule has 0 bridgehead atoms. The first-order chi connectivity index (χ1) is 10.1. The van der Waals surface area contributed by atoms with Crippen LogP contribution in [0.3, 0.4) is 0 Å². The Morgan fingerprint density at radius 3 is 2.45 bits per heavy atom. The van der Waals surface area contributed by atoms with Gasteiger partial charge in [-0.15, -0.1) is 0 Å². The van der Waals surface area contributed by atoms with Crippen molar-refractivity contribution < 1.29 is 9.53 Å². The standard InChI is InChI=1S/C16H30N4O2/c1-7-8-18-14(17)20(11(2)3)13-9-12(10-13)19-15(21)22-16(4,5)6/h7-8,11-13H,9-10H2,1-6H3,(H2,17,18)(H,19,21)/b8-7+/t12-,13+. The second kappa shape index (κ2) is 7.51. The summed E-state index contributed by atoms with van der Waals surface area (Å²) in [7, 11) is 0. The molecule has 0 aliphatic heterocycles. The van der Waals surface area contributed by atoms with Gasteiger partial charge in [0.25, 0.3) is 0 Å². The predicted molar refractivity (Wildman–Crippen MR) is 89.6 cm³/mol. The fourth-order valence-corrected chi connectivity index (χ4v) is 2.50. The number of nitrogens with zero attached hydrogens (tertiary/aromatic N) is 2. The molecule has 0 aromatic heterocycles. The number of hydrogen-bond acceptors (Lipinski definition) is 3. The smallest absolute Gasteiger partial charge is 0.407 e. The summed E-state index contributed by atoms with van der Waals surface area (Å²) in [6.07, 6.45) is 4.88. The lowest BCUT2D eigenvalue weighted by Crippen LogP contribution is -2.59. The summed E-state index contributed by atoms with van der Waals surface area (Å²) in [5.74, 6) is 0.522. The molecule has 6 nitrogen and oxygen atoms in total. The molecule has 0 aromatic rings. The number of hydrogen-bond donors (Lipinski definition) is 2. The van der Waals surface area contributed by atoms with Crippen molar-refractivity contribution >= 4 is 12.1 Å². The maximum absolute atomic E-state index is 11.7. The van der Waals surface area contributed by atoms with Crippen molar-refractivity contribution in [2.45, 2.75) is 78.1 Å². The molecular weight excluding hydrogens is 280 g/mol. The Morgan fingerprint density at radius 2 is 2.00 bits per heavy atom. The van der Waals surface area contributed by atoms with E-state index in [2.05, 4.69) is 29.1 Å². The van der Waals surface area contributed by atoms with Crippen LogP contribution in [0.2, 0.25) is 0 Å². The summed E-state index contributed by atoms with van der Waals surface area (Å²) in [4.78, 5) is 18.1. The lowest BCUT2D eigenvalue weighted by Gasteiger charge is -2.45. The maximum Gasteiger partial charge on any atom is 0.407 e. The van der Waals surface area contributed by atoms with Crippen LogP contribution in [-0.4, -0.2) is 40.7 Å². The molecule has 1 saturated carbocycles. The fraction of sp³-hybridized carbons (Fsp3) is 0.750. The SMILES string of the molecule is C/C=C/N=C(/N)N(C(C)C)[C@H]1C[C@@H](NC(=O)OC(C)(C)C)C1. The van der Waals surface area contributed by atoms with E-state index in [0.29, 0.717) is 12.0 Å². The molecule has 1 rings (SSSR count). The molecule has 0 atom stereocenters. The van der Waals surface area contributed by atoms with Gasteiger partial charge in [0, 0.05) is 24.3 Å². The number of guanidine groups is 1. The highest BCUT2D eigenvalue weighted by atomic mass is 16.6. The Kier molecular flexibility index (Phi) is 6.26. The number of nitrogens with one attached hydrogen (secondary N) is 1. The molecule has 0 radical (unpaired) electrons. The van der Waals surface area contributed by atoms with Gasteiger partial charge in [-0.1, -0.05) is 6.08 Å². The van der Waals surface area contributed by atoms with Gasteiger partial charge in [0.15, 0.2) is 5.96 Å². The molecule has 22 heavy (non-hydrogen) atoms. The molecular formula is C16H30N4O2. The van der Waals surface area contributed by atoms with Crippen molar-refractivity contribution in [2.75, 3.05) is 0 Å². The summed E-state index contributed by atoms with van der Waals surface area (Å²) >= 11 is 0. The van der Waals surface area contributed by atoms with Crippen LogP contribution in [0.4, 0.5) is 4.79 Å². The van der Waals surface area contributed by atoms with E-state index in [1.54, 1.807) is 6.20 Å². The zero-order chi connectivity index (χ0) is 16.9. The van der Waals surface area contributed by atoms with Crippen LogP contribution in [0.15, 0.2) is 17.3 Å². The Bertz CT molecular complexity index is 432. The number of allylic oxidation sites excluding steroid dienone is 1. The summed E-state index contributed by atoms with van der Waals surface area (Å²) in [5, 5.41) is 2.90. The fourth-order valence-electron chi connectivity index (χ4n) is 2.50. The lowest BCUT2D eigenvalue weighted by molar-refractivity contribution is 0.0427. The molecule has 3 N–H and O–H groups in total. The minimum absolute atomic E-state index is 0.135. The van der Waals surface area contributed by atoms with Crippen LogP contribution in [0, 0.1) is 0 Å². The van der Waals surface area contributed by atoms with Gasteiger partial charge in [0.2, 0.25) is 0 Å². The van der Waals surface area contributed by atoms with Crippen LogP contribution in [0.5, 0.6) is 0 Å². The van der Waals surface area contributed by atoms with Gasteiger partial charge in [-0.05, 0) is 54.4 Å². The second-order valence-electron chi connectivity index (χ2n) is 6.94. The number of carbonyl (C=O) groups excluding carboxylic acids is 1. The minimum Gasteiger partial charge on any atom is -0.444 e. The second-order valence-corrected chi connectivity index (χ2v) is 6.94. The molecule has 0 saturated heterocycles. The van der Waals surface area contributed by atoms with E-state index in [-0.39, 0.29) is 18.2 Å². The Hall–Kier alpha value is -1.72. The molecule has 126 valence electrons. The summed E-state index contributed by atoms with van der Waals surface area (Å²) in [5.41, 5.74) is 5.59. The molecule has 1 amide bonds. The molecule has 1 fully saturated rings. The average molecular weight is 310 g/mol. The number of nitrogens with two attached hydrogens (primary N) is 1. The molecule has 0 aromatic carbocycles. The van der Waals surface area contributed by atoms with Gasteiger partial charge >= 0.3 is 6.09 Å². The van der Waals surface area contributed by atoms with Gasteiger partial charge in [0.1, 0.15) is 5.60 Å². The Balaban J connectivity index is 2.52. The topological polar surface area (TPSA) is 80.0 Å². The van der Waals surface area contributed by atoms with Gasteiger partial charge in [0.05, 0.1) is 0 Å². The molecule has 1 aliphatic carbocycles. The molecule has 6 heteroatoms. The van der Waals surface area contributed by atoms with E-state index in [9.17, 15) is 4.79 Å². The number of alkyl carbamates (subject to hydrolysis) is 1. The van der Waals surface area contributed by atoms with Gasteiger partial charge in [-0.25, -0.2) is 9.79 Å². The predicted octanol–water partition coefficient (Wildman–Crippen LogP) is 2.60. The normalized spacial score (nSPS) is 22.6. The monoisotopic (exact) mass is 310 g/mol. The third kappa shape index (κ3) is 5.58. The van der Waals surface area contributed by atoms with Crippen LogP contribution >= 0.6 is 0 Å². The zero-order valence-electron chi connectivity index (χ0n) is 14.6. The Morgan fingerprint density at radius 1 is 1.41 bits per heavy atom. The highest BCUT2D eigenvalue weighted by molar-refractivity contribution is 5.79. The highest BCUT2D eigenvalue weighted by Crippen LogP contribution is 2.27. The van der Waals surface area contributed by atoms with Crippen molar-refractivity contribution in [1.29, 1.82) is 0 Å². The average Bonchev–Trinajstić information content (AvgIpc) is 2.30. The number of rotatable bonds is 4. The highest BCUT2D eigenvalue weighted by Gasteiger charge is 2.37. The first-order valence-corrected chi connectivity index (χ1v) is 7.86. The molecule has 0 unspecified atom stereocenters. The van der Waals surface area contributed by atoms with Crippen molar-refractivity contribution in [1.82, 2.24) is 10.2 Å². The quantitative estimate of drug-likeness (QED) is 0.618. The van der Waals surface area contributed by atoms with Crippen molar-refractivity contribution in [2.24, 2.45) is 10.7 Å². The van der Waals surface area contributed by atoms with Gasteiger partial charge < -0.3 is 20.7 Å². The number of ether oxygens (including phenoxy) is 1. The van der Waals surface area contributed by atoms with Crippen molar-refractivity contribution in [3.8, 4) is 0 Å². The van der Waals surface area contributed by atoms with E-state index in [1.165, 1.54) is 0 Å². The largest absolute Gasteiger partial charge is 0.444 e. The molecule has 1 aliphatic rings. The van der Waals surface area contributed by atoms with E-state index < -0.39 is 5.60 Å². The number of aliphatic imine (C=N–C) groups is 1. The lowest BCUT2D eigenvalue weighted by atomic mass is 9.85. The first-order valence-electron chi connectivity index (χ1n) is 7.86. The Labute approximate surface area is 133 Å². The van der Waals surface area contributed by atoms with E-state index in [4.69, 9.17) is 10.5 Å². The van der Waals surface area contributed by atoms with E-state index >= 15 is 0 Å².